The van der Waals surface area contributed by atoms with Crippen LogP contribution in [0.2, 0.25) is 0 Å². The highest BCUT2D eigenvalue weighted by atomic mass is 14.1. The van der Waals surface area contributed by atoms with Gasteiger partial charge in [0.1, 0.15) is 0 Å². The lowest BCUT2D eigenvalue weighted by molar-refractivity contribution is 0.438. The lowest BCUT2D eigenvalue weighted by atomic mass is 9.96. The van der Waals surface area contributed by atoms with Crippen molar-refractivity contribution in [2.45, 2.75) is 97.3 Å². The van der Waals surface area contributed by atoms with Gasteiger partial charge in [-0.25, -0.2) is 0 Å². The lowest BCUT2D eigenvalue weighted by Gasteiger charge is -2.10. The highest BCUT2D eigenvalue weighted by Gasteiger charge is 2.01. The molecule has 0 amide bonds. The Balaban J connectivity index is 3.10. The van der Waals surface area contributed by atoms with Gasteiger partial charge in [0.05, 0.1) is 0 Å². The summed E-state index contributed by atoms with van der Waals surface area (Å²) in [5.41, 5.74) is 0. The first-order valence-electron chi connectivity index (χ1n) is 8.42. The quantitative estimate of drug-likeness (QED) is 0.233. The van der Waals surface area contributed by atoms with Crippen LogP contribution in [0.5, 0.6) is 0 Å². The average molecular weight is 252 g/mol. The molecule has 0 fully saturated rings. The summed E-state index contributed by atoms with van der Waals surface area (Å²) in [7, 11) is 0. The zero-order valence-corrected chi connectivity index (χ0v) is 13.1. The van der Waals surface area contributed by atoms with Crippen molar-refractivity contribution in [3.63, 3.8) is 0 Å². The van der Waals surface area contributed by atoms with E-state index in [-0.39, 0.29) is 0 Å². The second-order valence-electron chi connectivity index (χ2n) is 5.94. The molecule has 0 rings (SSSR count). The number of unbranched alkanes of at least 4 members (excludes halogenated alkanes) is 9. The van der Waals surface area contributed by atoms with Gasteiger partial charge in [0.25, 0.3) is 0 Å². The lowest BCUT2D eigenvalue weighted by Crippen LogP contribution is -1.95. The maximum absolute atomic E-state index is 3.77. The summed E-state index contributed by atoms with van der Waals surface area (Å²) in [6.45, 7) is 8.49. The molecule has 0 saturated heterocycles. The topological polar surface area (TPSA) is 0 Å². The van der Waals surface area contributed by atoms with Crippen LogP contribution in [0.3, 0.4) is 0 Å². The van der Waals surface area contributed by atoms with Crippen molar-refractivity contribution >= 4 is 0 Å². The number of hydrogen-bond acceptors (Lipinski definition) is 0. The van der Waals surface area contributed by atoms with Gasteiger partial charge in [-0.2, -0.15) is 0 Å². The van der Waals surface area contributed by atoms with Crippen molar-refractivity contribution in [2.24, 2.45) is 5.92 Å². The van der Waals surface area contributed by atoms with Crippen LogP contribution in [0.15, 0.2) is 12.7 Å². The Labute approximate surface area is 116 Å². The Kier molecular flexibility index (Phi) is 14.6. The molecule has 0 bridgehead atoms. The summed E-state index contributed by atoms with van der Waals surface area (Å²) in [6, 6.07) is 0. The Morgan fingerprint density at radius 1 is 0.778 bits per heavy atom. The van der Waals surface area contributed by atoms with Crippen molar-refractivity contribution in [1.29, 1.82) is 0 Å². The molecule has 0 heteroatoms. The van der Waals surface area contributed by atoms with Gasteiger partial charge in [0.15, 0.2) is 0 Å². The van der Waals surface area contributed by atoms with Gasteiger partial charge in [-0.1, -0.05) is 90.6 Å². The van der Waals surface area contributed by atoms with Gasteiger partial charge in [0.2, 0.25) is 0 Å². The molecular formula is C18H36. The third-order valence-electron chi connectivity index (χ3n) is 3.91. The molecule has 0 radical (unpaired) electrons. The van der Waals surface area contributed by atoms with Crippen molar-refractivity contribution in [2.75, 3.05) is 0 Å². The van der Waals surface area contributed by atoms with E-state index in [4.69, 9.17) is 0 Å². The van der Waals surface area contributed by atoms with Crippen LogP contribution in [-0.4, -0.2) is 0 Å². The highest BCUT2D eigenvalue weighted by molar-refractivity contribution is 4.66. The van der Waals surface area contributed by atoms with Gasteiger partial charge >= 0.3 is 0 Å². The summed E-state index contributed by atoms with van der Waals surface area (Å²) < 4.78 is 0. The van der Waals surface area contributed by atoms with Gasteiger partial charge in [0, 0.05) is 0 Å². The second kappa shape index (κ2) is 14.8. The maximum atomic E-state index is 3.77. The molecule has 0 N–H and O–H groups in total. The van der Waals surface area contributed by atoms with Crippen LogP contribution in [0, 0.1) is 5.92 Å². The van der Waals surface area contributed by atoms with E-state index in [0.717, 1.165) is 5.92 Å². The minimum Gasteiger partial charge on any atom is -0.103 e. The molecule has 0 aliphatic carbocycles. The van der Waals surface area contributed by atoms with Crippen molar-refractivity contribution < 1.29 is 0 Å². The van der Waals surface area contributed by atoms with Crippen LogP contribution in [0.25, 0.3) is 0 Å². The van der Waals surface area contributed by atoms with E-state index in [0.29, 0.717) is 0 Å². The fourth-order valence-electron chi connectivity index (χ4n) is 2.55. The number of hydrogen-bond donors (Lipinski definition) is 0. The normalized spacial score (nSPS) is 12.6. The first-order valence-corrected chi connectivity index (χ1v) is 8.42. The third kappa shape index (κ3) is 13.8. The minimum absolute atomic E-state index is 0.940. The molecular weight excluding hydrogens is 216 g/mol. The van der Waals surface area contributed by atoms with Gasteiger partial charge < -0.3 is 0 Å². The first-order chi connectivity index (χ1) is 8.81. The van der Waals surface area contributed by atoms with E-state index >= 15 is 0 Å². The highest BCUT2D eigenvalue weighted by Crippen LogP contribution is 2.17. The zero-order chi connectivity index (χ0) is 13.5. The summed E-state index contributed by atoms with van der Waals surface area (Å²) in [5.74, 6) is 0.940. The summed E-state index contributed by atoms with van der Waals surface area (Å²) in [5, 5.41) is 0. The predicted octanol–water partition coefficient (Wildman–Crippen LogP) is 6.90. The maximum Gasteiger partial charge on any atom is -0.0353 e. The second-order valence-corrected chi connectivity index (χ2v) is 5.94. The SMILES string of the molecule is C=CCCCCC(C)CCCCCCCCCC. The van der Waals surface area contributed by atoms with Gasteiger partial charge in [-0.3, -0.25) is 0 Å². The fraction of sp³-hybridized carbons (Fsp3) is 0.889. The Morgan fingerprint density at radius 2 is 1.28 bits per heavy atom. The fourth-order valence-corrected chi connectivity index (χ4v) is 2.55. The number of rotatable bonds is 14. The predicted molar refractivity (Wildman–Crippen MR) is 85.1 cm³/mol. The van der Waals surface area contributed by atoms with E-state index in [1.165, 1.54) is 83.5 Å². The van der Waals surface area contributed by atoms with E-state index in [1.807, 2.05) is 6.08 Å². The van der Waals surface area contributed by atoms with Crippen molar-refractivity contribution in [1.82, 2.24) is 0 Å². The number of allylic oxidation sites excluding steroid dienone is 1. The van der Waals surface area contributed by atoms with Crippen LogP contribution < -0.4 is 0 Å². The molecule has 1 unspecified atom stereocenters. The van der Waals surface area contributed by atoms with Crippen LogP contribution in [0.4, 0.5) is 0 Å². The van der Waals surface area contributed by atoms with Crippen LogP contribution in [0.1, 0.15) is 97.3 Å². The molecule has 108 valence electrons. The molecule has 1 atom stereocenters. The minimum atomic E-state index is 0.940. The average Bonchev–Trinajstić information content (AvgIpc) is 2.38. The summed E-state index contributed by atoms with van der Waals surface area (Å²) in [4.78, 5) is 0. The molecule has 18 heavy (non-hydrogen) atoms. The van der Waals surface area contributed by atoms with E-state index in [2.05, 4.69) is 20.4 Å². The van der Waals surface area contributed by atoms with E-state index in [9.17, 15) is 0 Å². The Bertz CT molecular complexity index is 159. The molecule has 0 nitrogen and oxygen atoms in total. The smallest absolute Gasteiger partial charge is 0.0353 e. The molecule has 0 aliphatic heterocycles. The van der Waals surface area contributed by atoms with Crippen molar-refractivity contribution in [3.8, 4) is 0 Å². The molecule has 0 aromatic heterocycles. The van der Waals surface area contributed by atoms with Crippen LogP contribution >= 0.6 is 0 Å². The van der Waals surface area contributed by atoms with Crippen molar-refractivity contribution in [3.05, 3.63) is 12.7 Å². The van der Waals surface area contributed by atoms with Crippen LogP contribution in [-0.2, 0) is 0 Å². The standard InChI is InChI=1S/C18H36/c1-4-6-8-10-11-12-13-15-17-18(3)16-14-9-7-5-2/h5,18H,2,4,6-17H2,1,3H3. The first kappa shape index (κ1) is 17.7. The molecule has 0 aliphatic rings. The zero-order valence-electron chi connectivity index (χ0n) is 13.1. The van der Waals surface area contributed by atoms with E-state index < -0.39 is 0 Å². The van der Waals surface area contributed by atoms with Gasteiger partial charge in [-0.15, -0.1) is 6.58 Å². The molecule has 0 aromatic rings. The summed E-state index contributed by atoms with van der Waals surface area (Å²) >= 11 is 0. The molecule has 0 heterocycles. The Hall–Kier alpha value is -0.260. The Morgan fingerprint density at radius 3 is 1.83 bits per heavy atom. The third-order valence-corrected chi connectivity index (χ3v) is 3.91. The monoisotopic (exact) mass is 252 g/mol. The molecule has 0 spiro atoms. The molecule has 0 saturated carbocycles. The molecule has 0 aromatic carbocycles. The van der Waals surface area contributed by atoms with Gasteiger partial charge in [-0.05, 0) is 18.8 Å². The summed E-state index contributed by atoms with van der Waals surface area (Å²) in [6.07, 6.45) is 20.4. The largest absolute Gasteiger partial charge is 0.103 e. The van der Waals surface area contributed by atoms with E-state index in [1.54, 1.807) is 0 Å².